The molecule has 5 saturated heterocycles. The normalized spacial score (nSPS) is 27.3. The van der Waals surface area contributed by atoms with Gasteiger partial charge in [0.15, 0.2) is 25.7 Å². The minimum atomic E-state index is -0.375. The van der Waals surface area contributed by atoms with E-state index in [9.17, 15) is 24.0 Å². The van der Waals surface area contributed by atoms with Crippen molar-refractivity contribution < 1.29 is 47.7 Å². The van der Waals surface area contributed by atoms with Crippen LogP contribution in [0, 0.1) is 28.1 Å². The zero-order valence-corrected chi connectivity index (χ0v) is 58.7. The van der Waals surface area contributed by atoms with Gasteiger partial charge in [-0.3, -0.25) is 24.0 Å². The number of hydrogen-bond donors (Lipinski definition) is 0. The van der Waals surface area contributed by atoms with E-state index in [0.717, 1.165) is 83.9 Å². The lowest BCUT2D eigenvalue weighted by Gasteiger charge is -2.35. The number of esters is 5. The van der Waals surface area contributed by atoms with Gasteiger partial charge in [0.1, 0.15) is 0 Å². The van der Waals surface area contributed by atoms with Gasteiger partial charge in [-0.2, -0.15) is 58.8 Å². The average Bonchev–Trinajstić information content (AvgIpc) is 4.02. The molecular formula is C57H104O10S10. The Kier molecular flexibility index (Phi) is 38.9. The zero-order chi connectivity index (χ0) is 58.4. The van der Waals surface area contributed by atoms with Crippen molar-refractivity contribution in [3.05, 3.63) is 0 Å². The lowest BCUT2D eigenvalue weighted by Crippen LogP contribution is -2.41. The first-order chi connectivity index (χ1) is 36.1. The smallest absolute Gasteiger partial charge is 0.312 e. The van der Waals surface area contributed by atoms with Gasteiger partial charge in [-0.1, -0.05) is 48.5 Å². The summed E-state index contributed by atoms with van der Waals surface area (Å²) in [5.41, 5.74) is -0.918. The molecule has 0 radical (unpaired) electrons. The van der Waals surface area contributed by atoms with Crippen LogP contribution in [0.2, 0.25) is 0 Å². The molecule has 5 aliphatic rings. The number of rotatable bonds is 15. The highest BCUT2D eigenvalue weighted by atomic mass is 32.2. The molecule has 0 aromatic heterocycles. The van der Waals surface area contributed by atoms with Gasteiger partial charge in [-0.15, -0.1) is 58.8 Å². The number of hydrogen-bond acceptors (Lipinski definition) is 20. The van der Waals surface area contributed by atoms with Gasteiger partial charge in [0.25, 0.3) is 0 Å². The first kappa shape index (κ1) is 75.9. The predicted molar refractivity (Wildman–Crippen MR) is 351 cm³/mol. The van der Waals surface area contributed by atoms with E-state index in [0.29, 0.717) is 5.25 Å². The highest BCUT2D eigenvalue weighted by Gasteiger charge is 2.41. The molecule has 5 rings (SSSR count). The van der Waals surface area contributed by atoms with E-state index >= 15 is 0 Å². The van der Waals surface area contributed by atoms with E-state index in [1.165, 1.54) is 60.9 Å². The fourth-order valence-electron chi connectivity index (χ4n) is 6.19. The third kappa shape index (κ3) is 31.0. The molecule has 0 bridgehead atoms. The first-order valence-electron chi connectivity index (χ1n) is 28.3. The van der Waals surface area contributed by atoms with Crippen LogP contribution in [-0.2, 0) is 47.7 Å². The molecule has 0 N–H and O–H groups in total. The van der Waals surface area contributed by atoms with Gasteiger partial charge in [-0.05, 0) is 191 Å². The van der Waals surface area contributed by atoms with Crippen molar-refractivity contribution in [2.24, 2.45) is 28.1 Å². The Bertz CT molecular complexity index is 1670. The lowest BCUT2D eigenvalue weighted by atomic mass is 9.90. The highest BCUT2D eigenvalue weighted by Crippen LogP contribution is 2.42. The molecule has 0 aliphatic carbocycles. The Morgan fingerprint density at radius 2 is 0.844 bits per heavy atom. The third-order valence-corrected chi connectivity index (χ3v) is 27.7. The third-order valence-electron chi connectivity index (χ3n) is 13.9. The largest absolute Gasteiger partial charge is 0.450 e. The van der Waals surface area contributed by atoms with Crippen LogP contribution >= 0.6 is 118 Å². The summed E-state index contributed by atoms with van der Waals surface area (Å²) < 4.78 is 28.1. The molecule has 10 nitrogen and oxygen atoms in total. The van der Waals surface area contributed by atoms with Gasteiger partial charge >= 0.3 is 29.8 Å². The summed E-state index contributed by atoms with van der Waals surface area (Å²) in [7, 11) is 0. The van der Waals surface area contributed by atoms with Crippen LogP contribution in [0.5, 0.6) is 0 Å². The zero-order valence-electron chi connectivity index (χ0n) is 50.5. The van der Waals surface area contributed by atoms with Gasteiger partial charge in [0, 0.05) is 23.0 Å². The second-order valence-electron chi connectivity index (χ2n) is 22.3. The topological polar surface area (TPSA) is 132 Å². The van der Waals surface area contributed by atoms with Crippen LogP contribution in [0.15, 0.2) is 0 Å². The Morgan fingerprint density at radius 3 is 1.32 bits per heavy atom. The number of carbonyl (C=O) groups is 5. The van der Waals surface area contributed by atoms with Gasteiger partial charge in [0.05, 0.1) is 33.3 Å². The first-order valence-corrected chi connectivity index (χ1v) is 39.0. The van der Waals surface area contributed by atoms with Crippen LogP contribution < -0.4 is 0 Å². The summed E-state index contributed by atoms with van der Waals surface area (Å²) in [6, 6.07) is 0. The van der Waals surface area contributed by atoms with Crippen molar-refractivity contribution in [2.75, 3.05) is 80.5 Å². The predicted octanol–water partition coefficient (Wildman–Crippen LogP) is 16.6. The number of ether oxygens (including phenoxy) is 5. The van der Waals surface area contributed by atoms with Crippen molar-refractivity contribution in [2.45, 2.75) is 213 Å². The molecule has 0 spiro atoms. The molecule has 77 heavy (non-hydrogen) atoms. The number of thioether (sulfide) groups is 10. The molecule has 0 aromatic rings. The van der Waals surface area contributed by atoms with Crippen LogP contribution in [0.3, 0.4) is 0 Å². The van der Waals surface area contributed by atoms with Gasteiger partial charge in [0.2, 0.25) is 0 Å². The highest BCUT2D eigenvalue weighted by molar-refractivity contribution is 8.06. The molecule has 5 aliphatic heterocycles. The monoisotopic (exact) mass is 1270 g/mol. The standard InChI is InChI=1S/C13H24O2S2.C12H22O2S2.2C11H20O2S2.C10H18O2S2/c1-6-12(3,4)11(14)15-13(5)10(2)16-8-7-9-17-13;1-5-11(2,3)10(13)14-12(4)9-15-7-6-8-16-12;1-4-11(2,3)10(12)13-9-8-14-6-5-7-15-9;1-4-9(2)10(12)13-11(3)8-14-6-5-7-15-11;1-3-8(2)10(11)12-9-7-13-5-4-6-14-9/h10H,6-9H2,1-5H3;5-9H2,1-4H3;2*9H,4-8H2,1-3H3;8-9H,3-7H2,1-2H3. The Labute approximate surface area is 512 Å². The molecular weight excluding hydrogens is 1170 g/mol. The summed E-state index contributed by atoms with van der Waals surface area (Å²) >= 11 is 18.3. The Balaban J connectivity index is 0.000000482. The summed E-state index contributed by atoms with van der Waals surface area (Å²) in [5.74, 6) is 14.9. The van der Waals surface area contributed by atoms with E-state index in [-0.39, 0.29) is 83.6 Å². The Morgan fingerprint density at radius 1 is 0.468 bits per heavy atom. The molecule has 0 aromatic carbocycles. The van der Waals surface area contributed by atoms with E-state index < -0.39 is 0 Å². The second-order valence-corrected chi connectivity index (χ2v) is 35.5. The van der Waals surface area contributed by atoms with Gasteiger partial charge < -0.3 is 23.7 Å². The second kappa shape index (κ2) is 39.5. The van der Waals surface area contributed by atoms with Crippen LogP contribution in [-0.4, -0.2) is 141 Å². The maximum absolute atomic E-state index is 12.2. The van der Waals surface area contributed by atoms with E-state index in [4.69, 9.17) is 23.7 Å². The summed E-state index contributed by atoms with van der Waals surface area (Å²) in [4.78, 5) is 58.3. The fourth-order valence-corrected chi connectivity index (χ4v) is 18.7. The minimum Gasteiger partial charge on any atom is -0.450 e. The van der Waals surface area contributed by atoms with E-state index in [1.54, 1.807) is 58.8 Å². The van der Waals surface area contributed by atoms with Crippen molar-refractivity contribution in [1.82, 2.24) is 0 Å². The number of carbonyl (C=O) groups excluding carboxylic acids is 5. The van der Waals surface area contributed by atoms with Crippen molar-refractivity contribution >= 4 is 147 Å². The van der Waals surface area contributed by atoms with Crippen molar-refractivity contribution in [1.29, 1.82) is 0 Å². The van der Waals surface area contributed by atoms with Crippen molar-refractivity contribution in [3.8, 4) is 0 Å². The fraction of sp³-hybridized carbons (Fsp3) is 0.912. The molecule has 20 heteroatoms. The molecule has 8 atom stereocenters. The van der Waals surface area contributed by atoms with Gasteiger partial charge in [-0.25, -0.2) is 0 Å². The molecule has 0 saturated carbocycles. The summed E-state index contributed by atoms with van der Waals surface area (Å²) in [6.45, 7) is 34.0. The SMILES string of the molecule is CCC(C)(C)C(=O)OC1(C)CSCCCS1.CCC(C)(C)C(=O)OC1(C)SCCCSC1C.CCC(C)(C)C(=O)OC1CSCCCS1.CCC(C)C(=O)OC1(C)CSCCCS1.CCC(C)C(=O)OC1CSCCCS1. The van der Waals surface area contributed by atoms with Crippen molar-refractivity contribution in [3.63, 3.8) is 0 Å². The minimum absolute atomic E-state index is 0.0238. The van der Waals surface area contributed by atoms with Crippen LogP contribution in [0.4, 0.5) is 0 Å². The molecule has 5 heterocycles. The molecule has 0 amide bonds. The molecule has 452 valence electrons. The summed E-state index contributed by atoms with van der Waals surface area (Å²) in [6.07, 6.45) is 10.3. The maximum atomic E-state index is 12.2. The lowest BCUT2D eigenvalue weighted by molar-refractivity contribution is -0.161. The maximum Gasteiger partial charge on any atom is 0.312 e. The van der Waals surface area contributed by atoms with Crippen LogP contribution in [0.1, 0.15) is 182 Å². The average molecular weight is 1270 g/mol. The summed E-state index contributed by atoms with van der Waals surface area (Å²) in [5, 5.41) is 0.353. The van der Waals surface area contributed by atoms with Crippen LogP contribution in [0.25, 0.3) is 0 Å². The molecule has 5 fully saturated rings. The van der Waals surface area contributed by atoms with E-state index in [1.807, 2.05) is 163 Å². The molecule has 8 unspecified atom stereocenters. The van der Waals surface area contributed by atoms with E-state index in [2.05, 4.69) is 13.8 Å². The quantitative estimate of drug-likeness (QED) is 0.114. The Hall–Kier alpha value is 0.850.